The fourth-order valence-electron chi connectivity index (χ4n) is 2.43. The largest absolute Gasteiger partial charge is 0.280 e. The molecule has 86 valence electrons. The molecule has 0 amide bonds. The van der Waals surface area contributed by atoms with E-state index in [1.54, 1.807) is 0 Å². The predicted molar refractivity (Wildman–Crippen MR) is 69.8 cm³/mol. The van der Waals surface area contributed by atoms with Crippen molar-refractivity contribution in [2.45, 2.75) is 63.8 Å². The lowest BCUT2D eigenvalue weighted by Crippen LogP contribution is -2.08. The van der Waals surface area contributed by atoms with Gasteiger partial charge in [0.15, 0.2) is 0 Å². The second-order valence-electron chi connectivity index (χ2n) is 5.00. The normalized spacial score (nSPS) is 24.5. The van der Waals surface area contributed by atoms with Gasteiger partial charge in [-0.2, -0.15) is 0 Å². The Kier molecular flexibility index (Phi) is 4.55. The summed E-state index contributed by atoms with van der Waals surface area (Å²) >= 11 is 1.88. The molecule has 2 rings (SSSR count). The van der Waals surface area contributed by atoms with Crippen LogP contribution in [0, 0.1) is 5.92 Å². The van der Waals surface area contributed by atoms with E-state index in [-0.39, 0.29) is 0 Å². The van der Waals surface area contributed by atoms with Crippen LogP contribution in [-0.2, 0) is 0 Å². The molecule has 0 radical (unpaired) electrons. The van der Waals surface area contributed by atoms with Gasteiger partial charge in [-0.05, 0) is 37.9 Å². The molecule has 0 aliphatic heterocycles. The molecule has 2 aliphatic rings. The summed E-state index contributed by atoms with van der Waals surface area (Å²) in [6.45, 7) is 0. The first-order valence-corrected chi connectivity index (χ1v) is 7.71. The van der Waals surface area contributed by atoms with E-state index in [0.29, 0.717) is 6.04 Å². The number of nitrogens with zero attached hydrogens (tertiary/aromatic N) is 1. The van der Waals surface area contributed by atoms with Gasteiger partial charge < -0.3 is 0 Å². The van der Waals surface area contributed by atoms with E-state index in [1.165, 1.54) is 62.8 Å². The lowest BCUT2D eigenvalue weighted by Gasteiger charge is -2.21. The van der Waals surface area contributed by atoms with Gasteiger partial charge in [0, 0.05) is 0 Å². The Balaban J connectivity index is 1.69. The van der Waals surface area contributed by atoms with Crippen LogP contribution >= 0.6 is 11.8 Å². The van der Waals surface area contributed by atoms with Gasteiger partial charge in [-0.15, -0.1) is 11.8 Å². The Morgan fingerprint density at radius 2 is 1.87 bits per heavy atom. The highest BCUT2D eigenvalue weighted by Gasteiger charge is 2.21. The number of rotatable bonds is 4. The van der Waals surface area contributed by atoms with Crippen molar-refractivity contribution in [3.8, 4) is 0 Å². The molecule has 0 atom stereocenters. The van der Waals surface area contributed by atoms with Crippen molar-refractivity contribution < 1.29 is 0 Å². The number of aliphatic imine (C=N–C) groups is 1. The molecule has 0 saturated heterocycles. The van der Waals surface area contributed by atoms with E-state index in [1.807, 2.05) is 11.8 Å². The van der Waals surface area contributed by atoms with E-state index in [4.69, 9.17) is 4.99 Å². The number of hydrogen-bond donors (Lipinski definition) is 0. The second kappa shape index (κ2) is 5.93. The van der Waals surface area contributed by atoms with Gasteiger partial charge in [0.05, 0.1) is 11.1 Å². The lowest BCUT2D eigenvalue weighted by molar-refractivity contribution is 0.344. The summed E-state index contributed by atoms with van der Waals surface area (Å²) < 4.78 is 0. The monoisotopic (exact) mass is 225 g/mol. The van der Waals surface area contributed by atoms with Crippen molar-refractivity contribution in [3.63, 3.8) is 0 Å². The fraction of sp³-hybridized carbons (Fsp3) is 0.923. The maximum atomic E-state index is 4.77. The standard InChI is InChI=1S/C13H23NS/c1-15-13(14-12-8-9-12)10-7-11-5-3-2-4-6-11/h11-12H,2-10H2,1H3. The Labute approximate surface area is 98.1 Å². The molecule has 2 fully saturated rings. The molecule has 2 heteroatoms. The summed E-state index contributed by atoms with van der Waals surface area (Å²) in [7, 11) is 0. The minimum Gasteiger partial charge on any atom is -0.280 e. The van der Waals surface area contributed by atoms with Crippen LogP contribution in [0.25, 0.3) is 0 Å². The van der Waals surface area contributed by atoms with Crippen molar-refractivity contribution in [1.82, 2.24) is 0 Å². The van der Waals surface area contributed by atoms with Crippen LogP contribution in [0.2, 0.25) is 0 Å². The first-order valence-electron chi connectivity index (χ1n) is 6.49. The third-order valence-corrected chi connectivity index (χ3v) is 4.38. The third kappa shape index (κ3) is 4.18. The van der Waals surface area contributed by atoms with Crippen LogP contribution in [0.3, 0.4) is 0 Å². The van der Waals surface area contributed by atoms with Gasteiger partial charge in [0.1, 0.15) is 0 Å². The molecule has 1 nitrogen and oxygen atoms in total. The summed E-state index contributed by atoms with van der Waals surface area (Å²) in [5, 5.41) is 1.42. The lowest BCUT2D eigenvalue weighted by atomic mass is 9.86. The molecule has 0 N–H and O–H groups in total. The minimum atomic E-state index is 0.707. The highest BCUT2D eigenvalue weighted by Crippen LogP contribution is 2.30. The Hall–Kier alpha value is 0.0200. The van der Waals surface area contributed by atoms with Crippen molar-refractivity contribution in [2.75, 3.05) is 6.26 Å². The van der Waals surface area contributed by atoms with Gasteiger partial charge in [-0.3, -0.25) is 4.99 Å². The zero-order valence-corrected chi connectivity index (χ0v) is 10.7. The van der Waals surface area contributed by atoms with E-state index in [0.717, 1.165) is 5.92 Å². The molecular weight excluding hydrogens is 202 g/mol. The average molecular weight is 225 g/mol. The first-order chi connectivity index (χ1) is 7.38. The number of thioether (sulfide) groups is 1. The zero-order valence-electron chi connectivity index (χ0n) is 9.87. The highest BCUT2D eigenvalue weighted by atomic mass is 32.2. The Bertz CT molecular complexity index is 215. The van der Waals surface area contributed by atoms with Crippen LogP contribution in [0.4, 0.5) is 0 Å². The predicted octanol–water partition coefficient (Wildman–Crippen LogP) is 4.27. The fourth-order valence-corrected chi connectivity index (χ4v) is 3.01. The maximum Gasteiger partial charge on any atom is 0.0676 e. The van der Waals surface area contributed by atoms with Crippen LogP contribution in [-0.4, -0.2) is 17.3 Å². The van der Waals surface area contributed by atoms with E-state index in [9.17, 15) is 0 Å². The molecule has 2 aliphatic carbocycles. The average Bonchev–Trinajstić information content (AvgIpc) is 3.09. The summed E-state index contributed by atoms with van der Waals surface area (Å²) in [6.07, 6.45) is 14.9. The molecule has 0 unspecified atom stereocenters. The van der Waals surface area contributed by atoms with Crippen LogP contribution in [0.15, 0.2) is 4.99 Å². The smallest absolute Gasteiger partial charge is 0.0676 e. The van der Waals surface area contributed by atoms with E-state index < -0.39 is 0 Å². The van der Waals surface area contributed by atoms with Gasteiger partial charge in [0.25, 0.3) is 0 Å². The van der Waals surface area contributed by atoms with Crippen molar-refractivity contribution in [1.29, 1.82) is 0 Å². The van der Waals surface area contributed by atoms with Crippen molar-refractivity contribution >= 4 is 16.8 Å². The summed E-state index contributed by atoms with van der Waals surface area (Å²) in [4.78, 5) is 4.77. The molecular formula is C13H23NS. The molecule has 0 aromatic rings. The zero-order chi connectivity index (χ0) is 10.5. The minimum absolute atomic E-state index is 0.707. The van der Waals surface area contributed by atoms with Gasteiger partial charge in [-0.1, -0.05) is 32.1 Å². The van der Waals surface area contributed by atoms with Crippen LogP contribution in [0.5, 0.6) is 0 Å². The van der Waals surface area contributed by atoms with Gasteiger partial charge >= 0.3 is 0 Å². The summed E-state index contributed by atoms with van der Waals surface area (Å²) in [5.41, 5.74) is 0. The van der Waals surface area contributed by atoms with Crippen molar-refractivity contribution in [3.05, 3.63) is 0 Å². The van der Waals surface area contributed by atoms with Gasteiger partial charge in [-0.25, -0.2) is 0 Å². The molecule has 2 saturated carbocycles. The SMILES string of the molecule is CSC(CCC1CCCCC1)=NC1CC1. The topological polar surface area (TPSA) is 12.4 Å². The Morgan fingerprint density at radius 3 is 2.47 bits per heavy atom. The van der Waals surface area contributed by atoms with E-state index in [2.05, 4.69) is 6.26 Å². The maximum absolute atomic E-state index is 4.77. The first kappa shape index (κ1) is 11.5. The third-order valence-electron chi connectivity index (χ3n) is 3.60. The van der Waals surface area contributed by atoms with Crippen molar-refractivity contribution in [2.24, 2.45) is 10.9 Å². The van der Waals surface area contributed by atoms with Gasteiger partial charge in [0.2, 0.25) is 0 Å². The molecule has 0 heterocycles. The quantitative estimate of drug-likeness (QED) is 0.514. The summed E-state index contributed by atoms with van der Waals surface area (Å²) in [5.74, 6) is 1.01. The molecule has 0 aromatic carbocycles. The second-order valence-corrected chi connectivity index (χ2v) is 5.88. The number of hydrogen-bond acceptors (Lipinski definition) is 2. The highest BCUT2D eigenvalue weighted by molar-refractivity contribution is 8.13. The molecule has 15 heavy (non-hydrogen) atoms. The summed E-state index contributed by atoms with van der Waals surface area (Å²) in [6, 6.07) is 0.707. The molecule has 0 spiro atoms. The van der Waals surface area contributed by atoms with Crippen LogP contribution < -0.4 is 0 Å². The van der Waals surface area contributed by atoms with Crippen LogP contribution in [0.1, 0.15) is 57.8 Å². The van der Waals surface area contributed by atoms with E-state index >= 15 is 0 Å². The molecule has 0 aromatic heterocycles. The Morgan fingerprint density at radius 1 is 1.13 bits per heavy atom. The molecule has 0 bridgehead atoms.